The SMILES string of the molecule is CCOC(=O)Oc1cc(C=C(C#N)C(=O)OCCc2ccccc2)ccc1O. The van der Waals surface area contributed by atoms with Gasteiger partial charge in [0.1, 0.15) is 11.6 Å². The molecule has 0 fully saturated rings. The Bertz CT molecular complexity index is 899. The number of ether oxygens (including phenoxy) is 3. The molecule has 2 aromatic rings. The van der Waals surface area contributed by atoms with E-state index in [9.17, 15) is 20.0 Å². The van der Waals surface area contributed by atoms with Crippen LogP contribution in [0.15, 0.2) is 54.1 Å². The molecule has 7 nitrogen and oxygen atoms in total. The maximum Gasteiger partial charge on any atom is 0.513 e. The van der Waals surface area contributed by atoms with E-state index in [1.807, 2.05) is 30.3 Å². The number of carbonyl (C=O) groups is 2. The van der Waals surface area contributed by atoms with Crippen LogP contribution in [0.2, 0.25) is 0 Å². The highest BCUT2D eigenvalue weighted by Gasteiger charge is 2.13. The minimum atomic E-state index is -0.972. The van der Waals surface area contributed by atoms with Gasteiger partial charge in [-0.3, -0.25) is 0 Å². The first-order chi connectivity index (χ1) is 13.5. The molecule has 0 spiro atoms. The van der Waals surface area contributed by atoms with Crippen molar-refractivity contribution < 1.29 is 28.9 Å². The van der Waals surface area contributed by atoms with Gasteiger partial charge in [0, 0.05) is 6.42 Å². The number of phenolic OH excluding ortho intramolecular Hbond substituents is 1. The fourth-order valence-electron chi connectivity index (χ4n) is 2.23. The van der Waals surface area contributed by atoms with Crippen molar-refractivity contribution in [2.24, 2.45) is 0 Å². The summed E-state index contributed by atoms with van der Waals surface area (Å²) < 4.78 is 14.7. The monoisotopic (exact) mass is 381 g/mol. The van der Waals surface area contributed by atoms with Crippen molar-refractivity contribution >= 4 is 18.2 Å². The van der Waals surface area contributed by atoms with Crippen LogP contribution in [0.3, 0.4) is 0 Å². The Balaban J connectivity index is 2.05. The lowest BCUT2D eigenvalue weighted by atomic mass is 10.1. The summed E-state index contributed by atoms with van der Waals surface area (Å²) in [4.78, 5) is 23.5. The highest BCUT2D eigenvalue weighted by Crippen LogP contribution is 2.28. The van der Waals surface area contributed by atoms with E-state index < -0.39 is 12.1 Å². The summed E-state index contributed by atoms with van der Waals surface area (Å²) >= 11 is 0. The van der Waals surface area contributed by atoms with Gasteiger partial charge in [-0.25, -0.2) is 9.59 Å². The molecule has 144 valence electrons. The normalized spacial score (nSPS) is 10.6. The van der Waals surface area contributed by atoms with Crippen LogP contribution in [0.25, 0.3) is 6.08 Å². The summed E-state index contributed by atoms with van der Waals surface area (Å²) in [5.41, 5.74) is 1.16. The lowest BCUT2D eigenvalue weighted by molar-refractivity contribution is -0.138. The van der Waals surface area contributed by atoms with E-state index in [2.05, 4.69) is 4.74 Å². The standard InChI is InChI=1S/C21H19NO6/c1-2-26-21(25)28-19-13-16(8-9-18(19)23)12-17(14-22)20(24)27-11-10-15-6-4-3-5-7-15/h3-9,12-13,23H,2,10-11H2,1H3. The fourth-order valence-corrected chi connectivity index (χ4v) is 2.23. The first kappa shape index (κ1) is 20.5. The molecule has 2 rings (SSSR count). The molecule has 28 heavy (non-hydrogen) atoms. The van der Waals surface area contributed by atoms with Crippen molar-refractivity contribution in [3.05, 3.63) is 65.2 Å². The van der Waals surface area contributed by atoms with Crippen LogP contribution in [0.4, 0.5) is 4.79 Å². The Morgan fingerprint density at radius 2 is 1.89 bits per heavy atom. The molecule has 0 aromatic heterocycles. The van der Waals surface area contributed by atoms with Gasteiger partial charge in [-0.1, -0.05) is 36.4 Å². The van der Waals surface area contributed by atoms with Crippen molar-refractivity contribution in [3.63, 3.8) is 0 Å². The molecule has 2 aromatic carbocycles. The van der Waals surface area contributed by atoms with E-state index in [1.54, 1.807) is 13.0 Å². The van der Waals surface area contributed by atoms with Gasteiger partial charge in [0.25, 0.3) is 0 Å². The molecular formula is C21H19NO6. The number of nitrogens with zero attached hydrogens (tertiary/aromatic N) is 1. The maximum atomic E-state index is 12.1. The molecule has 0 saturated carbocycles. The molecule has 0 aliphatic carbocycles. The second-order valence-corrected chi connectivity index (χ2v) is 5.55. The Kier molecular flexibility index (Phi) is 7.61. The number of nitriles is 1. The zero-order chi connectivity index (χ0) is 20.4. The first-order valence-corrected chi connectivity index (χ1v) is 8.54. The smallest absolute Gasteiger partial charge is 0.504 e. The molecule has 0 unspecified atom stereocenters. The molecule has 0 radical (unpaired) electrons. The van der Waals surface area contributed by atoms with Crippen LogP contribution >= 0.6 is 0 Å². The Hall–Kier alpha value is -3.79. The van der Waals surface area contributed by atoms with Gasteiger partial charge < -0.3 is 19.3 Å². The average molecular weight is 381 g/mol. The highest BCUT2D eigenvalue weighted by molar-refractivity contribution is 5.98. The maximum absolute atomic E-state index is 12.1. The number of hydrogen-bond acceptors (Lipinski definition) is 7. The Labute approximate surface area is 162 Å². The molecule has 0 saturated heterocycles. The lowest BCUT2D eigenvalue weighted by Gasteiger charge is -2.07. The third-order valence-corrected chi connectivity index (χ3v) is 3.56. The molecule has 0 aliphatic heterocycles. The second kappa shape index (κ2) is 10.4. The number of hydrogen-bond donors (Lipinski definition) is 1. The third-order valence-electron chi connectivity index (χ3n) is 3.56. The van der Waals surface area contributed by atoms with Gasteiger partial charge >= 0.3 is 12.1 Å². The summed E-state index contributed by atoms with van der Waals surface area (Å²) in [5.74, 6) is -1.20. The molecule has 0 aliphatic rings. The molecule has 0 heterocycles. The zero-order valence-corrected chi connectivity index (χ0v) is 15.3. The van der Waals surface area contributed by atoms with Crippen LogP contribution < -0.4 is 4.74 Å². The summed E-state index contributed by atoms with van der Waals surface area (Å²) in [5, 5.41) is 19.0. The van der Waals surface area contributed by atoms with Crippen LogP contribution in [0.1, 0.15) is 18.1 Å². The summed E-state index contributed by atoms with van der Waals surface area (Å²) in [7, 11) is 0. The van der Waals surface area contributed by atoms with Crippen LogP contribution in [-0.2, 0) is 20.7 Å². The first-order valence-electron chi connectivity index (χ1n) is 8.54. The number of esters is 1. The van der Waals surface area contributed by atoms with Gasteiger partial charge in [0.2, 0.25) is 0 Å². The van der Waals surface area contributed by atoms with Crippen molar-refractivity contribution in [1.82, 2.24) is 0 Å². The quantitative estimate of drug-likeness (QED) is 0.338. The van der Waals surface area contributed by atoms with Crippen LogP contribution in [0.5, 0.6) is 11.5 Å². The van der Waals surface area contributed by atoms with Crippen molar-refractivity contribution in [3.8, 4) is 17.6 Å². The summed E-state index contributed by atoms with van der Waals surface area (Å²) in [6, 6.07) is 15.3. The molecule has 7 heteroatoms. The average Bonchev–Trinajstić information content (AvgIpc) is 2.69. The minimum absolute atomic E-state index is 0.118. The lowest BCUT2D eigenvalue weighted by Crippen LogP contribution is -2.10. The van der Waals surface area contributed by atoms with Crippen molar-refractivity contribution in [1.29, 1.82) is 5.26 Å². The Morgan fingerprint density at radius 3 is 2.57 bits per heavy atom. The van der Waals surface area contributed by atoms with Gasteiger partial charge in [0.15, 0.2) is 11.5 Å². The minimum Gasteiger partial charge on any atom is -0.504 e. The fraction of sp³-hybridized carbons (Fsp3) is 0.190. The van der Waals surface area contributed by atoms with Gasteiger partial charge in [0.05, 0.1) is 13.2 Å². The van der Waals surface area contributed by atoms with Gasteiger partial charge in [-0.15, -0.1) is 0 Å². The molecule has 0 bridgehead atoms. The van der Waals surface area contributed by atoms with Crippen LogP contribution in [0, 0.1) is 11.3 Å². The van der Waals surface area contributed by atoms with Crippen LogP contribution in [-0.4, -0.2) is 30.4 Å². The predicted molar refractivity (Wildman–Crippen MR) is 100 cm³/mol. The number of benzene rings is 2. The molecule has 1 N–H and O–H groups in total. The molecule has 0 atom stereocenters. The number of rotatable bonds is 7. The molecular weight excluding hydrogens is 362 g/mol. The number of carbonyl (C=O) groups excluding carboxylic acids is 2. The van der Waals surface area contributed by atoms with E-state index in [1.165, 1.54) is 24.3 Å². The largest absolute Gasteiger partial charge is 0.513 e. The van der Waals surface area contributed by atoms with E-state index in [4.69, 9.17) is 9.47 Å². The summed E-state index contributed by atoms with van der Waals surface area (Å²) in [6.45, 7) is 1.87. The Morgan fingerprint density at radius 1 is 1.14 bits per heavy atom. The number of aromatic hydroxyl groups is 1. The predicted octanol–water partition coefficient (Wildman–Crippen LogP) is 3.62. The highest BCUT2D eigenvalue weighted by atomic mass is 16.7. The molecule has 0 amide bonds. The van der Waals surface area contributed by atoms with Crippen molar-refractivity contribution in [2.75, 3.05) is 13.2 Å². The summed E-state index contributed by atoms with van der Waals surface area (Å²) in [6.07, 6.45) is 0.837. The van der Waals surface area contributed by atoms with Gasteiger partial charge in [-0.2, -0.15) is 5.26 Å². The van der Waals surface area contributed by atoms with E-state index in [0.29, 0.717) is 12.0 Å². The second-order valence-electron chi connectivity index (χ2n) is 5.55. The van der Waals surface area contributed by atoms with Gasteiger partial charge in [-0.05, 0) is 36.3 Å². The number of phenols is 1. The van der Waals surface area contributed by atoms with E-state index in [0.717, 1.165) is 5.56 Å². The zero-order valence-electron chi connectivity index (χ0n) is 15.3. The third kappa shape index (κ3) is 6.18. The van der Waals surface area contributed by atoms with E-state index >= 15 is 0 Å². The van der Waals surface area contributed by atoms with Crippen molar-refractivity contribution in [2.45, 2.75) is 13.3 Å². The topological polar surface area (TPSA) is 106 Å². The van der Waals surface area contributed by atoms with E-state index in [-0.39, 0.29) is 30.3 Å².